The molecule has 3 aromatic rings. The van der Waals surface area contributed by atoms with Crippen molar-refractivity contribution in [3.63, 3.8) is 0 Å². The summed E-state index contributed by atoms with van der Waals surface area (Å²) in [5.41, 5.74) is 9.20. The van der Waals surface area contributed by atoms with Crippen molar-refractivity contribution < 1.29 is 14.7 Å². The molecule has 0 aliphatic heterocycles. The van der Waals surface area contributed by atoms with Crippen LogP contribution in [0.2, 0.25) is 0 Å². The van der Waals surface area contributed by atoms with Gasteiger partial charge in [0.25, 0.3) is 0 Å². The quantitative estimate of drug-likeness (QED) is 0.403. The minimum atomic E-state index is -0.575. The molecule has 0 aliphatic carbocycles. The number of amides is 3. The fourth-order valence-electron chi connectivity index (χ4n) is 3.51. The highest BCUT2D eigenvalue weighted by Gasteiger charge is 2.22. The predicted molar refractivity (Wildman–Crippen MR) is 116 cm³/mol. The van der Waals surface area contributed by atoms with Gasteiger partial charge in [-0.3, -0.25) is 4.79 Å². The summed E-state index contributed by atoms with van der Waals surface area (Å²) in [6.45, 7) is -0.0267. The van der Waals surface area contributed by atoms with Crippen LogP contribution >= 0.6 is 0 Å². The number of benzene rings is 2. The Bertz CT molecular complexity index is 1120. The van der Waals surface area contributed by atoms with Crippen molar-refractivity contribution in [2.45, 2.75) is 12.3 Å². The topological polar surface area (TPSA) is 120 Å². The highest BCUT2D eigenvalue weighted by molar-refractivity contribution is 5.95. The van der Waals surface area contributed by atoms with Gasteiger partial charge in [0, 0.05) is 41.2 Å². The maximum absolute atomic E-state index is 12.1. The number of aliphatic hydroxyl groups is 1. The molecule has 0 saturated heterocycles. The van der Waals surface area contributed by atoms with Crippen LogP contribution in [-0.4, -0.2) is 42.2 Å². The number of aromatic nitrogens is 1. The molecule has 1 heterocycles. The van der Waals surface area contributed by atoms with Crippen LogP contribution in [0.4, 0.5) is 4.79 Å². The number of hydrogen-bond acceptors (Lipinski definition) is 3. The summed E-state index contributed by atoms with van der Waals surface area (Å²) < 4.78 is 0. The van der Waals surface area contributed by atoms with Crippen molar-refractivity contribution in [1.82, 2.24) is 15.6 Å². The number of carbonyl (C=O) groups is 2. The minimum absolute atomic E-state index is 0.145. The van der Waals surface area contributed by atoms with E-state index in [9.17, 15) is 14.7 Å². The number of para-hydroxylation sites is 1. The number of nitrogens with one attached hydrogen (secondary N) is 3. The molecule has 0 fully saturated rings. The van der Waals surface area contributed by atoms with Gasteiger partial charge in [-0.1, -0.05) is 36.1 Å². The number of primary amides is 1. The number of fused-ring (bicyclic) bond motifs is 1. The molecule has 1 aromatic heterocycles. The molecular formula is C23H24N4O3. The Balaban J connectivity index is 1.97. The van der Waals surface area contributed by atoms with Gasteiger partial charge in [-0.25, -0.2) is 4.79 Å². The van der Waals surface area contributed by atoms with Crippen LogP contribution in [0.15, 0.2) is 48.7 Å². The van der Waals surface area contributed by atoms with Crippen LogP contribution in [0.1, 0.15) is 33.0 Å². The third-order valence-corrected chi connectivity index (χ3v) is 4.93. The summed E-state index contributed by atoms with van der Waals surface area (Å²) in [6, 6.07) is 12.7. The van der Waals surface area contributed by atoms with Crippen LogP contribution in [0.5, 0.6) is 0 Å². The summed E-state index contributed by atoms with van der Waals surface area (Å²) in [5.74, 6) is 4.93. The minimum Gasteiger partial charge on any atom is -0.396 e. The number of aliphatic hydroxyl groups excluding tert-OH is 1. The molecule has 2 aromatic carbocycles. The Hall–Kier alpha value is -3.76. The number of hydrogen-bond donors (Lipinski definition) is 5. The Morgan fingerprint density at radius 2 is 2.00 bits per heavy atom. The van der Waals surface area contributed by atoms with Gasteiger partial charge in [0.1, 0.15) is 0 Å². The van der Waals surface area contributed by atoms with Crippen molar-refractivity contribution in [3.05, 3.63) is 70.9 Å². The fraction of sp³-hybridized carbons (Fsp3) is 0.217. The average molecular weight is 404 g/mol. The first-order chi connectivity index (χ1) is 14.5. The molecule has 0 unspecified atom stereocenters. The zero-order valence-electron chi connectivity index (χ0n) is 16.7. The van der Waals surface area contributed by atoms with Crippen LogP contribution in [0.3, 0.4) is 0 Å². The second-order valence-corrected chi connectivity index (χ2v) is 6.81. The highest BCUT2D eigenvalue weighted by atomic mass is 16.3. The van der Waals surface area contributed by atoms with Gasteiger partial charge in [-0.2, -0.15) is 0 Å². The maximum Gasteiger partial charge on any atom is 0.315 e. The van der Waals surface area contributed by atoms with Gasteiger partial charge in [0.05, 0.1) is 13.2 Å². The normalized spacial score (nSPS) is 11.4. The van der Waals surface area contributed by atoms with E-state index in [4.69, 9.17) is 5.73 Å². The third kappa shape index (κ3) is 4.62. The van der Waals surface area contributed by atoms with E-state index in [1.54, 1.807) is 18.2 Å². The van der Waals surface area contributed by atoms with Gasteiger partial charge in [-0.15, -0.1) is 0 Å². The highest BCUT2D eigenvalue weighted by Crippen LogP contribution is 2.30. The SMILES string of the molecule is CNC(=O)NCC#Cc1cccc(C(N)=O)c1[C@H](CO)Cc1c[nH]c2ccccc12. The number of rotatable bonds is 6. The number of aromatic amines is 1. The summed E-state index contributed by atoms with van der Waals surface area (Å²) in [6.07, 6.45) is 2.43. The molecule has 3 amide bonds. The molecule has 1 atom stereocenters. The monoisotopic (exact) mass is 404 g/mol. The van der Waals surface area contributed by atoms with E-state index >= 15 is 0 Å². The summed E-state index contributed by atoms with van der Waals surface area (Å²) in [5, 5.41) is 16.3. The van der Waals surface area contributed by atoms with E-state index in [1.165, 1.54) is 7.05 Å². The largest absolute Gasteiger partial charge is 0.396 e. The second kappa shape index (κ2) is 9.63. The van der Waals surface area contributed by atoms with E-state index in [0.29, 0.717) is 23.1 Å². The van der Waals surface area contributed by atoms with Crippen molar-refractivity contribution in [2.75, 3.05) is 20.2 Å². The van der Waals surface area contributed by atoms with Gasteiger partial charge in [-0.05, 0) is 35.7 Å². The lowest BCUT2D eigenvalue weighted by atomic mass is 9.85. The summed E-state index contributed by atoms with van der Waals surface area (Å²) in [7, 11) is 1.52. The molecule has 0 spiro atoms. The van der Waals surface area contributed by atoms with Crippen molar-refractivity contribution in [1.29, 1.82) is 0 Å². The molecule has 7 nitrogen and oxygen atoms in total. The van der Waals surface area contributed by atoms with E-state index < -0.39 is 5.91 Å². The fourth-order valence-corrected chi connectivity index (χ4v) is 3.51. The lowest BCUT2D eigenvalue weighted by Gasteiger charge is -2.19. The van der Waals surface area contributed by atoms with Gasteiger partial charge in [0.2, 0.25) is 5.91 Å². The van der Waals surface area contributed by atoms with Crippen LogP contribution in [0, 0.1) is 11.8 Å². The molecule has 6 N–H and O–H groups in total. The smallest absolute Gasteiger partial charge is 0.315 e. The van der Waals surface area contributed by atoms with Crippen molar-refractivity contribution in [3.8, 4) is 11.8 Å². The lowest BCUT2D eigenvalue weighted by Crippen LogP contribution is -2.32. The van der Waals surface area contributed by atoms with Crippen LogP contribution in [0.25, 0.3) is 10.9 Å². The van der Waals surface area contributed by atoms with Crippen LogP contribution < -0.4 is 16.4 Å². The third-order valence-electron chi connectivity index (χ3n) is 4.93. The van der Waals surface area contributed by atoms with E-state index in [1.807, 2.05) is 30.5 Å². The van der Waals surface area contributed by atoms with Crippen molar-refractivity contribution in [2.24, 2.45) is 5.73 Å². The maximum atomic E-state index is 12.1. The zero-order valence-corrected chi connectivity index (χ0v) is 16.7. The Kier molecular flexibility index (Phi) is 6.73. The lowest BCUT2D eigenvalue weighted by molar-refractivity contribution is 0.0998. The van der Waals surface area contributed by atoms with Gasteiger partial charge in [0.15, 0.2) is 0 Å². The first-order valence-electron chi connectivity index (χ1n) is 9.58. The van der Waals surface area contributed by atoms with E-state index in [0.717, 1.165) is 16.5 Å². The van der Waals surface area contributed by atoms with Crippen LogP contribution in [-0.2, 0) is 6.42 Å². The Morgan fingerprint density at radius 3 is 2.73 bits per heavy atom. The number of carbonyl (C=O) groups excluding carboxylic acids is 2. The number of nitrogens with two attached hydrogens (primary N) is 1. The second-order valence-electron chi connectivity index (χ2n) is 6.81. The van der Waals surface area contributed by atoms with Gasteiger partial charge >= 0.3 is 6.03 Å². The molecular weight excluding hydrogens is 380 g/mol. The predicted octanol–water partition coefficient (Wildman–Crippen LogP) is 1.87. The van der Waals surface area contributed by atoms with Crippen molar-refractivity contribution >= 4 is 22.8 Å². The molecule has 154 valence electrons. The Morgan fingerprint density at radius 1 is 1.20 bits per heavy atom. The van der Waals surface area contributed by atoms with E-state index in [-0.39, 0.29) is 25.1 Å². The molecule has 30 heavy (non-hydrogen) atoms. The summed E-state index contributed by atoms with van der Waals surface area (Å²) >= 11 is 0. The molecule has 0 bridgehead atoms. The van der Waals surface area contributed by atoms with E-state index in [2.05, 4.69) is 27.5 Å². The first-order valence-corrected chi connectivity index (χ1v) is 9.58. The summed E-state index contributed by atoms with van der Waals surface area (Å²) in [4.78, 5) is 26.6. The molecule has 3 rings (SSSR count). The molecule has 0 aliphatic rings. The Labute approximate surface area is 174 Å². The average Bonchev–Trinajstić information content (AvgIpc) is 3.17. The van der Waals surface area contributed by atoms with Gasteiger partial charge < -0.3 is 26.5 Å². The number of H-pyrrole nitrogens is 1. The first kappa shape index (κ1) is 21.0. The molecule has 0 saturated carbocycles. The molecule has 7 heteroatoms. The number of urea groups is 1. The molecule has 0 radical (unpaired) electrons. The zero-order chi connectivity index (χ0) is 21.5. The standard InChI is InChI=1S/C23H24N4O3/c1-25-23(30)26-11-5-7-15-6-4-9-19(22(24)29)21(15)17(14-28)12-16-13-27-20-10-3-2-8-18(16)20/h2-4,6,8-10,13,17,27-28H,11-12,14H2,1H3,(H2,24,29)(H2,25,26,30)/t17-/m0/s1.